The lowest BCUT2D eigenvalue weighted by Crippen LogP contribution is -2.26. The number of nitrogens with zero attached hydrogens (tertiary/aromatic N) is 5. The second kappa shape index (κ2) is 8.96. The van der Waals surface area contributed by atoms with E-state index in [1.165, 1.54) is 24.4 Å². The normalized spacial score (nSPS) is 13.6. The topological polar surface area (TPSA) is 98.1 Å². The Labute approximate surface area is 189 Å². The van der Waals surface area contributed by atoms with Crippen molar-refractivity contribution in [2.75, 3.05) is 13.2 Å². The summed E-state index contributed by atoms with van der Waals surface area (Å²) in [5.41, 5.74) is 9.37. The van der Waals surface area contributed by atoms with Gasteiger partial charge in [0.2, 0.25) is 0 Å². The van der Waals surface area contributed by atoms with Crippen LogP contribution in [0.4, 0.5) is 4.39 Å². The van der Waals surface area contributed by atoms with E-state index in [4.69, 9.17) is 22.1 Å². The zero-order valence-corrected chi connectivity index (χ0v) is 18.4. The van der Waals surface area contributed by atoms with Crippen LogP contribution in [0.3, 0.4) is 0 Å². The summed E-state index contributed by atoms with van der Waals surface area (Å²) in [4.78, 5) is 23.5. The summed E-state index contributed by atoms with van der Waals surface area (Å²) >= 11 is 6.30. The van der Waals surface area contributed by atoms with Gasteiger partial charge in [0.1, 0.15) is 18.2 Å². The average molecular weight is 457 g/mol. The molecule has 0 fully saturated rings. The van der Waals surface area contributed by atoms with Crippen LogP contribution < -0.4 is 10.5 Å². The lowest BCUT2D eigenvalue weighted by molar-refractivity contribution is 0.0745. The maximum atomic E-state index is 13.8. The molecule has 8 nitrogen and oxygen atoms in total. The van der Waals surface area contributed by atoms with Crippen molar-refractivity contribution >= 4 is 29.4 Å². The molecule has 0 saturated carbocycles. The molecule has 0 aliphatic carbocycles. The number of hydrogen-bond donors (Lipinski definition) is 1. The van der Waals surface area contributed by atoms with Gasteiger partial charge in [0.15, 0.2) is 5.65 Å². The van der Waals surface area contributed by atoms with Crippen molar-refractivity contribution in [1.82, 2.24) is 19.5 Å². The van der Waals surface area contributed by atoms with Gasteiger partial charge in [-0.3, -0.25) is 9.79 Å². The highest BCUT2D eigenvalue weighted by Gasteiger charge is 2.31. The minimum absolute atomic E-state index is 0.176. The Morgan fingerprint density at radius 2 is 2.19 bits per heavy atom. The molecule has 166 valence electrons. The van der Waals surface area contributed by atoms with Gasteiger partial charge in [-0.05, 0) is 38.3 Å². The summed E-state index contributed by atoms with van der Waals surface area (Å²) in [7, 11) is 0. The van der Waals surface area contributed by atoms with E-state index in [1.54, 1.807) is 21.7 Å². The third-order valence-corrected chi connectivity index (χ3v) is 5.74. The van der Waals surface area contributed by atoms with Gasteiger partial charge < -0.3 is 15.4 Å². The number of aromatic nitrogens is 3. The van der Waals surface area contributed by atoms with Crippen molar-refractivity contribution in [3.63, 3.8) is 0 Å². The van der Waals surface area contributed by atoms with Gasteiger partial charge in [0.05, 0.1) is 47.3 Å². The number of aryl methyl sites for hydroxylation is 2. The number of aliphatic imine (C=N–C) groups is 1. The average Bonchev–Trinajstić information content (AvgIpc) is 3.33. The number of halogens is 2. The van der Waals surface area contributed by atoms with E-state index in [0.29, 0.717) is 36.0 Å². The molecule has 3 heterocycles. The van der Waals surface area contributed by atoms with Gasteiger partial charge in [0.25, 0.3) is 5.91 Å². The molecule has 2 N–H and O–H groups in total. The molecular formula is C22H22ClFN6O2. The molecule has 0 radical (unpaired) electrons. The summed E-state index contributed by atoms with van der Waals surface area (Å²) in [5, 5.41) is 5.17. The SMILES string of the molecule is Cc1nc2c3c(nn2c(C)c1Cl)CN(C(=O)c1ccc(F)cc1OCCN=C/C=C\N)C3. The van der Waals surface area contributed by atoms with E-state index in [0.717, 1.165) is 17.0 Å². The van der Waals surface area contributed by atoms with Gasteiger partial charge in [0, 0.05) is 17.8 Å². The van der Waals surface area contributed by atoms with E-state index in [1.807, 2.05) is 13.8 Å². The van der Waals surface area contributed by atoms with Gasteiger partial charge in [-0.15, -0.1) is 0 Å². The monoisotopic (exact) mass is 456 g/mol. The van der Waals surface area contributed by atoms with Gasteiger partial charge in [-0.1, -0.05) is 11.6 Å². The number of carbonyl (C=O) groups excluding carboxylic acids is 1. The van der Waals surface area contributed by atoms with Crippen LogP contribution in [0.1, 0.15) is 33.0 Å². The fourth-order valence-electron chi connectivity index (χ4n) is 3.61. The Morgan fingerprint density at radius 1 is 1.38 bits per heavy atom. The summed E-state index contributed by atoms with van der Waals surface area (Å²) in [6.45, 7) is 4.92. The highest BCUT2D eigenvalue weighted by molar-refractivity contribution is 6.31. The summed E-state index contributed by atoms with van der Waals surface area (Å²) in [6.07, 6.45) is 4.50. The van der Waals surface area contributed by atoms with Crippen LogP contribution in [-0.2, 0) is 13.1 Å². The molecule has 0 atom stereocenters. The van der Waals surface area contributed by atoms with E-state index >= 15 is 0 Å². The highest BCUT2D eigenvalue weighted by Crippen LogP contribution is 2.31. The number of amides is 1. The van der Waals surface area contributed by atoms with Crippen LogP contribution in [0.5, 0.6) is 5.75 Å². The van der Waals surface area contributed by atoms with Crippen LogP contribution in [0.25, 0.3) is 5.65 Å². The molecule has 4 rings (SSSR count). The Morgan fingerprint density at radius 3 is 2.97 bits per heavy atom. The molecule has 0 spiro atoms. The first kappa shape index (κ1) is 21.8. The molecular weight excluding hydrogens is 435 g/mol. The molecule has 10 heteroatoms. The first-order valence-corrected chi connectivity index (χ1v) is 10.4. The number of fused-ring (bicyclic) bond motifs is 3. The minimum Gasteiger partial charge on any atom is -0.491 e. The third-order valence-electron chi connectivity index (χ3n) is 5.20. The van der Waals surface area contributed by atoms with Crippen LogP contribution >= 0.6 is 11.6 Å². The highest BCUT2D eigenvalue weighted by atomic mass is 35.5. The second-order valence-corrected chi connectivity index (χ2v) is 7.73. The molecule has 1 aliphatic heterocycles. The van der Waals surface area contributed by atoms with Gasteiger partial charge >= 0.3 is 0 Å². The maximum absolute atomic E-state index is 13.8. The first-order valence-electron chi connectivity index (χ1n) is 10.0. The Bertz CT molecular complexity index is 1250. The molecule has 1 aromatic carbocycles. The molecule has 2 aromatic heterocycles. The van der Waals surface area contributed by atoms with E-state index in [9.17, 15) is 9.18 Å². The standard InChI is InChI=1S/C22H22ClFN6O2/c1-13-20(23)14(2)30-21(27-13)17-11-29(12-18(17)28-30)22(31)16-5-4-15(24)10-19(16)32-9-8-26-7-3-6-25/h3-7,10H,8-9,11-12,25H2,1-2H3/b6-3-,26-7?. The van der Waals surface area contributed by atoms with Gasteiger partial charge in [-0.25, -0.2) is 13.9 Å². The number of carbonyl (C=O) groups is 1. The number of allylic oxidation sites excluding steroid dienone is 1. The lowest BCUT2D eigenvalue weighted by atomic mass is 10.1. The molecule has 1 amide bonds. The summed E-state index contributed by atoms with van der Waals surface area (Å²) in [6, 6.07) is 3.88. The largest absolute Gasteiger partial charge is 0.491 e. The van der Waals surface area contributed by atoms with E-state index < -0.39 is 5.82 Å². The molecule has 0 bridgehead atoms. The van der Waals surface area contributed by atoms with Crippen molar-refractivity contribution < 1.29 is 13.9 Å². The van der Waals surface area contributed by atoms with Crippen LogP contribution in [0.15, 0.2) is 35.5 Å². The molecule has 0 unspecified atom stereocenters. The lowest BCUT2D eigenvalue weighted by Gasteiger charge is -2.18. The number of hydrogen-bond acceptors (Lipinski definition) is 6. The second-order valence-electron chi connectivity index (χ2n) is 7.35. The molecule has 0 saturated heterocycles. The third kappa shape index (κ3) is 4.03. The summed E-state index contributed by atoms with van der Waals surface area (Å²) in [5.74, 6) is -0.580. The number of nitrogens with two attached hydrogens (primary N) is 1. The van der Waals surface area contributed by atoms with Crippen LogP contribution in [0, 0.1) is 19.7 Å². The Hall–Kier alpha value is -3.46. The van der Waals surface area contributed by atoms with Crippen molar-refractivity contribution in [3.05, 3.63) is 69.5 Å². The minimum atomic E-state index is -0.486. The van der Waals surface area contributed by atoms with E-state index in [2.05, 4.69) is 15.1 Å². The quantitative estimate of drug-likeness (QED) is 0.453. The first-order chi connectivity index (χ1) is 15.4. The fourth-order valence-corrected chi connectivity index (χ4v) is 3.74. The number of rotatable bonds is 6. The molecule has 1 aliphatic rings. The van der Waals surface area contributed by atoms with Crippen LogP contribution in [-0.4, -0.2) is 44.8 Å². The van der Waals surface area contributed by atoms with Crippen molar-refractivity contribution in [2.45, 2.75) is 26.9 Å². The maximum Gasteiger partial charge on any atom is 0.258 e. The fraction of sp³-hybridized carbons (Fsp3) is 0.273. The Kier molecular flexibility index (Phi) is 6.09. The summed E-state index contributed by atoms with van der Waals surface area (Å²) < 4.78 is 21.2. The predicted octanol–water partition coefficient (Wildman–Crippen LogP) is 3.22. The Balaban J connectivity index is 1.54. The zero-order chi connectivity index (χ0) is 22.8. The van der Waals surface area contributed by atoms with Crippen molar-refractivity contribution in [2.24, 2.45) is 10.7 Å². The number of ether oxygens (including phenoxy) is 1. The van der Waals surface area contributed by atoms with Crippen molar-refractivity contribution in [3.8, 4) is 5.75 Å². The number of benzene rings is 1. The van der Waals surface area contributed by atoms with E-state index in [-0.39, 0.29) is 23.8 Å². The van der Waals surface area contributed by atoms with Crippen LogP contribution in [0.2, 0.25) is 5.02 Å². The predicted molar refractivity (Wildman–Crippen MR) is 120 cm³/mol. The molecule has 3 aromatic rings. The van der Waals surface area contributed by atoms with Crippen molar-refractivity contribution in [1.29, 1.82) is 0 Å². The zero-order valence-electron chi connectivity index (χ0n) is 17.7. The molecule has 32 heavy (non-hydrogen) atoms. The van der Waals surface area contributed by atoms with Gasteiger partial charge in [-0.2, -0.15) is 5.10 Å². The smallest absolute Gasteiger partial charge is 0.258 e.